The first-order chi connectivity index (χ1) is 8.61. The van der Waals surface area contributed by atoms with E-state index in [9.17, 15) is 8.78 Å². The molecule has 0 radical (unpaired) electrons. The van der Waals surface area contributed by atoms with Gasteiger partial charge in [0.25, 0.3) is 0 Å². The summed E-state index contributed by atoms with van der Waals surface area (Å²) in [5.74, 6) is -1.21. The van der Waals surface area contributed by atoms with E-state index in [-0.39, 0.29) is 4.90 Å². The standard InChI is InChI=1S/C11H12F2N4S/c1-17-6-15-16-11(17)18-10-8(12)4-7(2-3-14)5-9(10)13/h4-6H,2-3,14H2,1H3. The third kappa shape index (κ3) is 2.68. The molecule has 0 atom stereocenters. The molecular weight excluding hydrogens is 258 g/mol. The van der Waals surface area contributed by atoms with E-state index >= 15 is 0 Å². The Balaban J connectivity index is 2.31. The van der Waals surface area contributed by atoms with Crippen LogP contribution in [0.15, 0.2) is 28.5 Å². The Labute approximate surface area is 107 Å². The summed E-state index contributed by atoms with van der Waals surface area (Å²) in [6.07, 6.45) is 1.92. The van der Waals surface area contributed by atoms with Gasteiger partial charge in [0.2, 0.25) is 0 Å². The number of nitrogens with two attached hydrogens (primary N) is 1. The van der Waals surface area contributed by atoms with Crippen LogP contribution in [0.2, 0.25) is 0 Å². The van der Waals surface area contributed by atoms with Gasteiger partial charge in [-0.15, -0.1) is 10.2 Å². The van der Waals surface area contributed by atoms with E-state index in [4.69, 9.17) is 5.73 Å². The molecule has 2 aromatic rings. The number of halogens is 2. The fourth-order valence-electron chi connectivity index (χ4n) is 1.48. The van der Waals surface area contributed by atoms with Crippen LogP contribution in [0.25, 0.3) is 0 Å². The molecule has 0 amide bonds. The Morgan fingerprint density at radius 1 is 1.33 bits per heavy atom. The molecule has 0 fully saturated rings. The van der Waals surface area contributed by atoms with E-state index in [1.165, 1.54) is 18.5 Å². The molecule has 0 aliphatic rings. The molecule has 4 nitrogen and oxygen atoms in total. The molecule has 0 bridgehead atoms. The number of hydrogen-bond acceptors (Lipinski definition) is 4. The third-order valence-corrected chi connectivity index (χ3v) is 3.50. The Kier molecular flexibility index (Phi) is 3.93. The van der Waals surface area contributed by atoms with Gasteiger partial charge in [0.05, 0.1) is 4.90 Å². The van der Waals surface area contributed by atoms with Gasteiger partial charge in [0.15, 0.2) is 5.16 Å². The average molecular weight is 270 g/mol. The molecule has 7 heteroatoms. The van der Waals surface area contributed by atoms with Crippen molar-refractivity contribution < 1.29 is 8.78 Å². The van der Waals surface area contributed by atoms with Crippen molar-refractivity contribution in [3.63, 3.8) is 0 Å². The maximum absolute atomic E-state index is 13.8. The van der Waals surface area contributed by atoms with Crippen LogP contribution in [0.4, 0.5) is 8.78 Å². The van der Waals surface area contributed by atoms with Crippen LogP contribution >= 0.6 is 11.8 Å². The molecule has 1 aromatic carbocycles. The third-order valence-electron chi connectivity index (χ3n) is 2.35. The summed E-state index contributed by atoms with van der Waals surface area (Å²) in [6.45, 7) is 0.356. The highest BCUT2D eigenvalue weighted by Gasteiger charge is 2.15. The van der Waals surface area contributed by atoms with Crippen LogP contribution in [-0.4, -0.2) is 21.3 Å². The number of nitrogens with zero attached hydrogens (tertiary/aromatic N) is 3. The Morgan fingerprint density at radius 3 is 2.50 bits per heavy atom. The minimum Gasteiger partial charge on any atom is -0.330 e. The average Bonchev–Trinajstić information content (AvgIpc) is 2.70. The Hall–Kier alpha value is -1.47. The highest BCUT2D eigenvalue weighted by molar-refractivity contribution is 7.99. The fourth-order valence-corrected chi connectivity index (χ4v) is 2.25. The normalized spacial score (nSPS) is 10.9. The first kappa shape index (κ1) is 13.0. The van der Waals surface area contributed by atoms with Crippen LogP contribution in [0.5, 0.6) is 0 Å². The van der Waals surface area contributed by atoms with Crippen LogP contribution in [0, 0.1) is 11.6 Å². The summed E-state index contributed by atoms with van der Waals surface area (Å²) in [7, 11) is 1.71. The summed E-state index contributed by atoms with van der Waals surface area (Å²) >= 11 is 0.909. The second kappa shape index (κ2) is 5.45. The molecule has 0 aliphatic heterocycles. The molecule has 0 unspecified atom stereocenters. The highest BCUT2D eigenvalue weighted by Crippen LogP contribution is 2.31. The van der Waals surface area contributed by atoms with E-state index < -0.39 is 11.6 Å². The number of benzene rings is 1. The second-order valence-corrected chi connectivity index (χ2v) is 4.73. The Bertz CT molecular complexity index is 533. The van der Waals surface area contributed by atoms with Crippen LogP contribution in [0.3, 0.4) is 0 Å². The van der Waals surface area contributed by atoms with Crippen molar-refractivity contribution in [3.8, 4) is 0 Å². The molecule has 0 aliphatic carbocycles. The van der Waals surface area contributed by atoms with Gasteiger partial charge in [-0.25, -0.2) is 8.78 Å². The SMILES string of the molecule is Cn1cnnc1Sc1c(F)cc(CCN)cc1F. The monoisotopic (exact) mass is 270 g/mol. The van der Waals surface area contributed by atoms with E-state index in [1.807, 2.05) is 0 Å². The lowest BCUT2D eigenvalue weighted by atomic mass is 10.1. The highest BCUT2D eigenvalue weighted by atomic mass is 32.2. The zero-order valence-corrected chi connectivity index (χ0v) is 10.5. The van der Waals surface area contributed by atoms with Crippen LogP contribution < -0.4 is 5.73 Å². The van der Waals surface area contributed by atoms with Gasteiger partial charge in [0, 0.05) is 7.05 Å². The van der Waals surface area contributed by atoms with Crippen LogP contribution in [-0.2, 0) is 13.5 Å². The lowest BCUT2D eigenvalue weighted by molar-refractivity contribution is 0.536. The van der Waals surface area contributed by atoms with Crippen molar-refractivity contribution >= 4 is 11.8 Å². The smallest absolute Gasteiger partial charge is 0.195 e. The number of aromatic nitrogens is 3. The Morgan fingerprint density at radius 2 is 2.00 bits per heavy atom. The summed E-state index contributed by atoms with van der Waals surface area (Å²) in [4.78, 5) is -0.0770. The molecular formula is C11H12F2N4S. The maximum atomic E-state index is 13.8. The first-order valence-corrected chi connectivity index (χ1v) is 6.13. The van der Waals surface area contributed by atoms with Gasteiger partial charge < -0.3 is 10.3 Å². The van der Waals surface area contributed by atoms with Gasteiger partial charge in [0.1, 0.15) is 18.0 Å². The van der Waals surface area contributed by atoms with Crippen molar-refractivity contribution in [1.82, 2.24) is 14.8 Å². The van der Waals surface area contributed by atoms with Gasteiger partial charge >= 0.3 is 0 Å². The van der Waals surface area contributed by atoms with Gasteiger partial charge in [-0.05, 0) is 42.4 Å². The van der Waals surface area contributed by atoms with Gasteiger partial charge in [-0.1, -0.05) is 0 Å². The first-order valence-electron chi connectivity index (χ1n) is 5.31. The minimum atomic E-state index is -0.605. The molecule has 0 spiro atoms. The fraction of sp³-hybridized carbons (Fsp3) is 0.273. The maximum Gasteiger partial charge on any atom is 0.195 e. The number of aryl methyl sites for hydroxylation is 1. The van der Waals surface area contributed by atoms with Crippen molar-refractivity contribution in [2.75, 3.05) is 6.54 Å². The lowest BCUT2D eigenvalue weighted by Gasteiger charge is -2.06. The molecule has 1 aromatic heterocycles. The summed E-state index contributed by atoms with van der Waals surface area (Å²) in [6, 6.07) is 2.60. The predicted octanol–water partition coefficient (Wildman–Crippen LogP) is 1.75. The molecule has 1 heterocycles. The zero-order chi connectivity index (χ0) is 13.1. The molecule has 0 saturated carbocycles. The van der Waals surface area contributed by atoms with E-state index in [0.717, 1.165) is 11.8 Å². The van der Waals surface area contributed by atoms with E-state index in [0.29, 0.717) is 23.7 Å². The zero-order valence-electron chi connectivity index (χ0n) is 9.73. The van der Waals surface area contributed by atoms with Crippen molar-refractivity contribution in [2.24, 2.45) is 12.8 Å². The lowest BCUT2D eigenvalue weighted by Crippen LogP contribution is -2.04. The van der Waals surface area contributed by atoms with E-state index in [2.05, 4.69) is 10.2 Å². The van der Waals surface area contributed by atoms with Crippen molar-refractivity contribution in [1.29, 1.82) is 0 Å². The predicted molar refractivity (Wildman–Crippen MR) is 64.2 cm³/mol. The van der Waals surface area contributed by atoms with Gasteiger partial charge in [-0.3, -0.25) is 0 Å². The molecule has 2 rings (SSSR count). The molecule has 96 valence electrons. The topological polar surface area (TPSA) is 56.7 Å². The van der Waals surface area contributed by atoms with E-state index in [1.54, 1.807) is 11.6 Å². The van der Waals surface area contributed by atoms with Crippen molar-refractivity contribution in [3.05, 3.63) is 35.7 Å². The summed E-state index contributed by atoms with van der Waals surface area (Å²) < 4.78 is 29.2. The quantitative estimate of drug-likeness (QED) is 0.919. The largest absolute Gasteiger partial charge is 0.330 e. The molecule has 18 heavy (non-hydrogen) atoms. The molecule has 2 N–H and O–H groups in total. The van der Waals surface area contributed by atoms with Crippen LogP contribution in [0.1, 0.15) is 5.56 Å². The number of hydrogen-bond donors (Lipinski definition) is 1. The molecule has 0 saturated heterocycles. The summed E-state index contributed by atoms with van der Waals surface area (Å²) in [5, 5.41) is 7.86. The number of rotatable bonds is 4. The minimum absolute atomic E-state index is 0.0770. The van der Waals surface area contributed by atoms with Crippen molar-refractivity contribution in [2.45, 2.75) is 16.5 Å². The summed E-state index contributed by atoms with van der Waals surface area (Å²) in [5.41, 5.74) is 5.91. The van der Waals surface area contributed by atoms with Gasteiger partial charge in [-0.2, -0.15) is 0 Å². The second-order valence-electron chi connectivity index (χ2n) is 3.75.